The van der Waals surface area contributed by atoms with Gasteiger partial charge in [0.2, 0.25) is 5.91 Å². The summed E-state index contributed by atoms with van der Waals surface area (Å²) < 4.78 is 13.0. The van der Waals surface area contributed by atoms with Crippen LogP contribution in [-0.2, 0) is 16.0 Å². The largest absolute Gasteiger partial charge is 0.481 e. The molecule has 0 radical (unpaired) electrons. The monoisotopic (exact) mass is 347 g/mol. The number of hydrogen-bond acceptors (Lipinski definition) is 3. The van der Waals surface area contributed by atoms with Crippen molar-refractivity contribution in [3.05, 3.63) is 58.0 Å². The molecule has 2 atom stereocenters. The number of nitrogens with zero attached hydrogens (tertiary/aromatic N) is 1. The first kappa shape index (κ1) is 16.6. The van der Waals surface area contributed by atoms with Crippen molar-refractivity contribution in [2.75, 3.05) is 6.54 Å². The van der Waals surface area contributed by atoms with Crippen LogP contribution in [0.5, 0.6) is 0 Å². The SMILES string of the molecule is O=C(O)[C@H]1CCC(=O)N(CCc2ccc(F)cc2)[C@@H]1c1ccsc1. The summed E-state index contributed by atoms with van der Waals surface area (Å²) in [4.78, 5) is 25.7. The molecule has 24 heavy (non-hydrogen) atoms. The Morgan fingerprint density at radius 3 is 2.67 bits per heavy atom. The molecule has 0 saturated carbocycles. The zero-order chi connectivity index (χ0) is 17.1. The second kappa shape index (κ2) is 7.13. The van der Waals surface area contributed by atoms with Crippen molar-refractivity contribution in [1.29, 1.82) is 0 Å². The summed E-state index contributed by atoms with van der Waals surface area (Å²) in [7, 11) is 0. The van der Waals surface area contributed by atoms with Gasteiger partial charge in [0.1, 0.15) is 5.82 Å². The van der Waals surface area contributed by atoms with Crippen LogP contribution in [-0.4, -0.2) is 28.4 Å². The van der Waals surface area contributed by atoms with Crippen LogP contribution in [0.1, 0.15) is 30.0 Å². The second-order valence-electron chi connectivity index (χ2n) is 5.95. The normalized spacial score (nSPS) is 21.0. The van der Waals surface area contributed by atoms with Crippen LogP contribution in [0.25, 0.3) is 0 Å². The number of piperidine rings is 1. The average molecular weight is 347 g/mol. The lowest BCUT2D eigenvalue weighted by molar-refractivity contribution is -0.152. The molecule has 0 unspecified atom stereocenters. The lowest BCUT2D eigenvalue weighted by Gasteiger charge is -2.39. The summed E-state index contributed by atoms with van der Waals surface area (Å²) in [5.74, 6) is -1.78. The van der Waals surface area contributed by atoms with Crippen molar-refractivity contribution >= 4 is 23.2 Å². The van der Waals surface area contributed by atoms with Gasteiger partial charge >= 0.3 is 5.97 Å². The van der Waals surface area contributed by atoms with E-state index in [1.54, 1.807) is 17.0 Å². The van der Waals surface area contributed by atoms with Crippen LogP contribution in [0.2, 0.25) is 0 Å². The number of halogens is 1. The van der Waals surface area contributed by atoms with Crippen molar-refractivity contribution in [1.82, 2.24) is 4.90 Å². The minimum absolute atomic E-state index is 0.0224. The smallest absolute Gasteiger partial charge is 0.308 e. The van der Waals surface area contributed by atoms with Crippen LogP contribution in [0.15, 0.2) is 41.1 Å². The third-order valence-corrected chi connectivity index (χ3v) is 5.16. The molecule has 0 bridgehead atoms. The van der Waals surface area contributed by atoms with E-state index in [0.717, 1.165) is 11.1 Å². The van der Waals surface area contributed by atoms with Crippen molar-refractivity contribution in [3.8, 4) is 0 Å². The van der Waals surface area contributed by atoms with Crippen molar-refractivity contribution in [2.24, 2.45) is 5.92 Å². The fourth-order valence-electron chi connectivity index (χ4n) is 3.23. The van der Waals surface area contributed by atoms with E-state index >= 15 is 0 Å². The van der Waals surface area contributed by atoms with Gasteiger partial charge in [-0.1, -0.05) is 12.1 Å². The molecule has 1 N–H and O–H groups in total. The first-order chi connectivity index (χ1) is 11.6. The molecule has 4 nitrogen and oxygen atoms in total. The molecule has 1 aromatic carbocycles. The summed E-state index contributed by atoms with van der Waals surface area (Å²) in [6.07, 6.45) is 1.18. The van der Waals surface area contributed by atoms with Gasteiger partial charge in [0, 0.05) is 13.0 Å². The van der Waals surface area contributed by atoms with Crippen LogP contribution in [0.3, 0.4) is 0 Å². The molecular formula is C18H18FNO3S. The predicted octanol–water partition coefficient (Wildman–Crippen LogP) is 3.49. The highest BCUT2D eigenvalue weighted by molar-refractivity contribution is 7.08. The molecule has 2 aromatic rings. The fraction of sp³-hybridized carbons (Fsp3) is 0.333. The Labute approximate surface area is 143 Å². The molecule has 2 heterocycles. The zero-order valence-corrected chi connectivity index (χ0v) is 13.8. The zero-order valence-electron chi connectivity index (χ0n) is 13.0. The van der Waals surface area contributed by atoms with Gasteiger partial charge in [-0.05, 0) is 52.9 Å². The van der Waals surface area contributed by atoms with E-state index in [4.69, 9.17) is 0 Å². The minimum atomic E-state index is -0.870. The van der Waals surface area contributed by atoms with E-state index in [2.05, 4.69) is 0 Å². The van der Waals surface area contributed by atoms with Gasteiger partial charge in [0.15, 0.2) is 0 Å². The molecule has 126 valence electrons. The second-order valence-corrected chi connectivity index (χ2v) is 6.73. The molecular weight excluding hydrogens is 329 g/mol. The van der Waals surface area contributed by atoms with Crippen LogP contribution < -0.4 is 0 Å². The quantitative estimate of drug-likeness (QED) is 0.901. The molecule has 1 fully saturated rings. The maximum atomic E-state index is 13.0. The Morgan fingerprint density at radius 1 is 1.29 bits per heavy atom. The summed E-state index contributed by atoms with van der Waals surface area (Å²) >= 11 is 1.49. The van der Waals surface area contributed by atoms with Gasteiger partial charge in [0.05, 0.1) is 12.0 Å². The number of carboxylic acid groups (broad SMARTS) is 1. The molecule has 3 rings (SSSR count). The van der Waals surface area contributed by atoms with Gasteiger partial charge in [-0.3, -0.25) is 9.59 Å². The van der Waals surface area contributed by atoms with E-state index in [0.29, 0.717) is 19.4 Å². The Morgan fingerprint density at radius 2 is 2.04 bits per heavy atom. The predicted molar refractivity (Wildman–Crippen MR) is 89.2 cm³/mol. The van der Waals surface area contributed by atoms with Crippen molar-refractivity contribution in [3.63, 3.8) is 0 Å². The van der Waals surface area contributed by atoms with Gasteiger partial charge in [-0.15, -0.1) is 0 Å². The number of carbonyl (C=O) groups excluding carboxylic acids is 1. The van der Waals surface area contributed by atoms with Crippen LogP contribution in [0, 0.1) is 11.7 Å². The molecule has 0 aliphatic carbocycles. The Hall–Kier alpha value is -2.21. The van der Waals surface area contributed by atoms with E-state index in [-0.39, 0.29) is 18.1 Å². The lowest BCUT2D eigenvalue weighted by Crippen LogP contribution is -2.46. The van der Waals surface area contributed by atoms with Crippen LogP contribution >= 0.6 is 11.3 Å². The van der Waals surface area contributed by atoms with Gasteiger partial charge in [0.25, 0.3) is 0 Å². The summed E-state index contributed by atoms with van der Waals surface area (Å²) in [5.41, 5.74) is 1.80. The summed E-state index contributed by atoms with van der Waals surface area (Å²) in [5, 5.41) is 13.4. The average Bonchev–Trinajstić information content (AvgIpc) is 3.08. The Kier molecular flexibility index (Phi) is 4.94. The first-order valence-electron chi connectivity index (χ1n) is 7.85. The van der Waals surface area contributed by atoms with Gasteiger partial charge in [-0.2, -0.15) is 11.3 Å². The molecule has 0 spiro atoms. The highest BCUT2D eigenvalue weighted by Gasteiger charge is 2.40. The van der Waals surface area contributed by atoms with E-state index in [1.165, 1.54) is 23.5 Å². The fourth-order valence-corrected chi connectivity index (χ4v) is 3.92. The number of likely N-dealkylation sites (tertiary alicyclic amines) is 1. The molecule has 1 saturated heterocycles. The number of amides is 1. The molecule has 1 amide bonds. The Balaban J connectivity index is 1.82. The maximum absolute atomic E-state index is 13.0. The minimum Gasteiger partial charge on any atom is -0.481 e. The number of carboxylic acids is 1. The maximum Gasteiger partial charge on any atom is 0.308 e. The number of benzene rings is 1. The van der Waals surface area contributed by atoms with E-state index in [1.807, 2.05) is 16.8 Å². The number of rotatable bonds is 5. The Bertz CT molecular complexity index is 714. The van der Waals surface area contributed by atoms with Gasteiger partial charge < -0.3 is 10.0 Å². The summed E-state index contributed by atoms with van der Waals surface area (Å²) in [6.45, 7) is 0.425. The third-order valence-electron chi connectivity index (χ3n) is 4.46. The number of thiophene rings is 1. The van der Waals surface area contributed by atoms with Crippen LogP contribution in [0.4, 0.5) is 4.39 Å². The highest BCUT2D eigenvalue weighted by Crippen LogP contribution is 2.37. The summed E-state index contributed by atoms with van der Waals surface area (Å²) in [6, 6.07) is 7.62. The third kappa shape index (κ3) is 3.48. The molecule has 1 aromatic heterocycles. The molecule has 1 aliphatic heterocycles. The topological polar surface area (TPSA) is 57.6 Å². The molecule has 6 heteroatoms. The number of carbonyl (C=O) groups is 2. The first-order valence-corrected chi connectivity index (χ1v) is 8.79. The number of hydrogen-bond donors (Lipinski definition) is 1. The standard InChI is InChI=1S/C18H18FNO3S/c19-14-3-1-12(2-4-14)7-9-20-16(21)6-5-15(18(22)23)17(20)13-8-10-24-11-13/h1-4,8,10-11,15,17H,5-7,9H2,(H,22,23)/t15-,17+/m0/s1. The number of aliphatic carboxylic acids is 1. The van der Waals surface area contributed by atoms with Crippen molar-refractivity contribution < 1.29 is 19.1 Å². The van der Waals surface area contributed by atoms with E-state index < -0.39 is 17.9 Å². The lowest BCUT2D eigenvalue weighted by atomic mass is 9.85. The highest BCUT2D eigenvalue weighted by atomic mass is 32.1. The molecule has 1 aliphatic rings. The van der Waals surface area contributed by atoms with E-state index in [9.17, 15) is 19.1 Å². The van der Waals surface area contributed by atoms with Gasteiger partial charge in [-0.25, -0.2) is 4.39 Å². The van der Waals surface area contributed by atoms with Crippen molar-refractivity contribution in [2.45, 2.75) is 25.3 Å².